The summed E-state index contributed by atoms with van der Waals surface area (Å²) in [6.45, 7) is -0.323. The summed E-state index contributed by atoms with van der Waals surface area (Å²) in [4.78, 5) is 13.2. The summed E-state index contributed by atoms with van der Waals surface area (Å²) in [5.41, 5.74) is 0.509. The number of aliphatic hydroxyl groups is 1. The Balaban J connectivity index is 2.46. The predicted octanol–water partition coefficient (Wildman–Crippen LogP) is 1.78. The highest BCUT2D eigenvalue weighted by Gasteiger charge is 2.42. The average molecular weight is 326 g/mol. The molecular weight excluding hydrogens is 314 g/mol. The number of carbonyl (C=O) groups excluding carboxylic acids is 1. The fraction of sp³-hybridized carbons (Fsp3) is 0.308. The van der Waals surface area contributed by atoms with Crippen molar-refractivity contribution in [2.24, 2.45) is 0 Å². The van der Waals surface area contributed by atoms with Gasteiger partial charge in [0.1, 0.15) is 11.8 Å². The second-order valence-corrected chi connectivity index (χ2v) is 4.82. The van der Waals surface area contributed by atoms with Crippen LogP contribution in [-0.4, -0.2) is 37.1 Å². The topological polar surface area (TPSA) is 59.0 Å². The molecule has 2 unspecified atom stereocenters. The summed E-state index contributed by atoms with van der Waals surface area (Å²) in [6, 6.07) is 4.54. The number of benzene rings is 1. The fourth-order valence-corrected chi connectivity index (χ4v) is 2.29. The van der Waals surface area contributed by atoms with Gasteiger partial charge in [0.2, 0.25) is 0 Å². The Morgan fingerprint density at radius 2 is 2.37 bits per heavy atom. The predicted molar refractivity (Wildman–Crippen MR) is 73.1 cm³/mol. The van der Waals surface area contributed by atoms with E-state index in [2.05, 4.69) is 21.9 Å². The molecule has 1 N–H and O–H groups in total. The minimum Gasteiger partial charge on any atom is -0.495 e. The third-order valence-corrected chi connectivity index (χ3v) is 3.32. The van der Waals surface area contributed by atoms with E-state index in [0.29, 0.717) is 11.4 Å². The van der Waals surface area contributed by atoms with Crippen LogP contribution in [0.3, 0.4) is 0 Å². The van der Waals surface area contributed by atoms with Gasteiger partial charge in [0.25, 0.3) is 0 Å². The van der Waals surface area contributed by atoms with Crippen LogP contribution < -0.4 is 9.64 Å². The molecule has 1 aliphatic heterocycles. The molecule has 0 aromatic heterocycles. The van der Waals surface area contributed by atoms with Gasteiger partial charge in [-0.05, 0) is 18.2 Å². The van der Waals surface area contributed by atoms with E-state index in [4.69, 9.17) is 15.9 Å². The first-order chi connectivity index (χ1) is 9.12. The van der Waals surface area contributed by atoms with Crippen LogP contribution >= 0.6 is 15.9 Å². The Hall–Kier alpha value is -1.71. The van der Waals surface area contributed by atoms with E-state index < -0.39 is 18.2 Å². The molecule has 0 spiro atoms. The number of carbonyl (C=O) groups is 1. The van der Waals surface area contributed by atoms with Gasteiger partial charge in [0, 0.05) is 4.47 Å². The fourth-order valence-electron chi connectivity index (χ4n) is 1.95. The quantitative estimate of drug-likeness (QED) is 0.860. The largest absolute Gasteiger partial charge is 0.495 e. The van der Waals surface area contributed by atoms with Crippen molar-refractivity contribution in [3.63, 3.8) is 0 Å². The summed E-state index contributed by atoms with van der Waals surface area (Å²) in [5, 5.41) is 9.18. The number of rotatable bonds is 3. The summed E-state index contributed by atoms with van der Waals surface area (Å²) in [6.07, 6.45) is 4.10. The molecule has 2 rings (SSSR count). The Bertz CT molecular complexity index is 540. The first kappa shape index (κ1) is 13.7. The molecule has 19 heavy (non-hydrogen) atoms. The van der Waals surface area contributed by atoms with E-state index in [1.807, 2.05) is 0 Å². The van der Waals surface area contributed by atoms with Crippen LogP contribution in [0.5, 0.6) is 5.75 Å². The lowest BCUT2D eigenvalue weighted by Gasteiger charge is -2.21. The summed E-state index contributed by atoms with van der Waals surface area (Å²) < 4.78 is 11.1. The van der Waals surface area contributed by atoms with Gasteiger partial charge in [-0.3, -0.25) is 4.90 Å². The molecule has 0 radical (unpaired) electrons. The highest BCUT2D eigenvalue weighted by atomic mass is 79.9. The number of anilines is 1. The number of terminal acetylenes is 1. The third kappa shape index (κ3) is 2.39. The molecule has 1 fully saturated rings. The third-order valence-electron chi connectivity index (χ3n) is 2.83. The highest BCUT2D eigenvalue weighted by molar-refractivity contribution is 9.10. The Morgan fingerprint density at radius 3 is 2.95 bits per heavy atom. The Kier molecular flexibility index (Phi) is 3.98. The zero-order valence-corrected chi connectivity index (χ0v) is 11.8. The zero-order chi connectivity index (χ0) is 14.0. The van der Waals surface area contributed by atoms with Gasteiger partial charge in [-0.15, -0.1) is 6.42 Å². The maximum absolute atomic E-state index is 11.9. The number of halogens is 1. The molecule has 1 aromatic rings. The Morgan fingerprint density at radius 1 is 1.63 bits per heavy atom. The van der Waals surface area contributed by atoms with Crippen molar-refractivity contribution in [1.82, 2.24) is 0 Å². The average Bonchev–Trinajstić information content (AvgIpc) is 2.74. The molecule has 0 bridgehead atoms. The van der Waals surface area contributed by atoms with Crippen molar-refractivity contribution in [2.75, 3.05) is 18.6 Å². The number of methoxy groups -OCH3 is 1. The molecule has 100 valence electrons. The lowest BCUT2D eigenvalue weighted by atomic mass is 10.1. The van der Waals surface area contributed by atoms with E-state index in [1.165, 1.54) is 12.0 Å². The summed E-state index contributed by atoms with van der Waals surface area (Å²) in [5.74, 6) is 2.95. The molecule has 1 amide bonds. The van der Waals surface area contributed by atoms with Crippen LogP contribution in [0.25, 0.3) is 0 Å². The van der Waals surface area contributed by atoms with Gasteiger partial charge < -0.3 is 14.6 Å². The van der Waals surface area contributed by atoms with Gasteiger partial charge in [0.15, 0.2) is 6.10 Å². The van der Waals surface area contributed by atoms with E-state index in [9.17, 15) is 9.90 Å². The molecule has 0 aliphatic carbocycles. The van der Waals surface area contributed by atoms with E-state index in [1.54, 1.807) is 18.2 Å². The second-order valence-electron chi connectivity index (χ2n) is 3.90. The molecule has 1 aliphatic rings. The number of ether oxygens (including phenoxy) is 2. The van der Waals surface area contributed by atoms with Crippen LogP contribution in [-0.2, 0) is 4.74 Å². The minimum atomic E-state index is -0.731. The van der Waals surface area contributed by atoms with Gasteiger partial charge in [-0.2, -0.15) is 0 Å². The van der Waals surface area contributed by atoms with Gasteiger partial charge >= 0.3 is 6.09 Å². The summed E-state index contributed by atoms with van der Waals surface area (Å²) in [7, 11) is 1.50. The summed E-state index contributed by atoms with van der Waals surface area (Å²) >= 11 is 3.32. The van der Waals surface area contributed by atoms with Gasteiger partial charge in [-0.1, -0.05) is 21.9 Å². The molecule has 1 aromatic carbocycles. The van der Waals surface area contributed by atoms with Gasteiger partial charge in [0.05, 0.1) is 19.4 Å². The maximum atomic E-state index is 11.9. The molecule has 1 heterocycles. The van der Waals surface area contributed by atoms with Crippen molar-refractivity contribution in [2.45, 2.75) is 12.1 Å². The van der Waals surface area contributed by atoms with E-state index in [0.717, 1.165) is 4.47 Å². The molecule has 2 atom stereocenters. The second kappa shape index (κ2) is 5.51. The monoisotopic (exact) mass is 325 g/mol. The first-order valence-corrected chi connectivity index (χ1v) is 6.32. The number of nitrogens with zero attached hydrogens (tertiary/aromatic N) is 1. The van der Waals surface area contributed by atoms with Crippen molar-refractivity contribution < 1.29 is 19.4 Å². The maximum Gasteiger partial charge on any atom is 0.416 e. The number of hydrogen-bond acceptors (Lipinski definition) is 4. The number of amides is 1. The van der Waals surface area contributed by atoms with Crippen LogP contribution in [0.1, 0.15) is 0 Å². The SMILES string of the molecule is C#CC1C(CO)OC(=O)N1c1ccc(Br)cc1OC. The lowest BCUT2D eigenvalue weighted by Crippen LogP contribution is -2.37. The lowest BCUT2D eigenvalue weighted by molar-refractivity contribution is 0.0897. The minimum absolute atomic E-state index is 0.323. The highest BCUT2D eigenvalue weighted by Crippen LogP contribution is 2.36. The van der Waals surface area contributed by atoms with Crippen molar-refractivity contribution in [3.05, 3.63) is 22.7 Å². The standard InChI is InChI=1S/C13H12BrNO4/c1-3-9-12(7-16)19-13(17)15(9)10-5-4-8(14)6-11(10)18-2/h1,4-6,9,12,16H,7H2,2H3. The Labute approximate surface area is 119 Å². The van der Waals surface area contributed by atoms with E-state index in [-0.39, 0.29) is 6.61 Å². The van der Waals surface area contributed by atoms with Crippen LogP contribution in [0.15, 0.2) is 22.7 Å². The number of aliphatic hydroxyl groups excluding tert-OH is 1. The number of cyclic esters (lactones) is 1. The molecule has 1 saturated heterocycles. The van der Waals surface area contributed by atoms with Crippen LogP contribution in [0.4, 0.5) is 10.5 Å². The van der Waals surface area contributed by atoms with E-state index >= 15 is 0 Å². The molecule has 6 heteroatoms. The molecular formula is C13H12BrNO4. The smallest absolute Gasteiger partial charge is 0.416 e. The molecule has 5 nitrogen and oxygen atoms in total. The van der Waals surface area contributed by atoms with Crippen molar-refractivity contribution in [1.29, 1.82) is 0 Å². The zero-order valence-electron chi connectivity index (χ0n) is 10.2. The van der Waals surface area contributed by atoms with Crippen molar-refractivity contribution >= 4 is 27.7 Å². The number of hydrogen-bond donors (Lipinski definition) is 1. The van der Waals surface area contributed by atoms with Crippen molar-refractivity contribution in [3.8, 4) is 18.1 Å². The first-order valence-electron chi connectivity index (χ1n) is 5.52. The van der Waals surface area contributed by atoms with Gasteiger partial charge in [-0.25, -0.2) is 4.79 Å². The molecule has 0 saturated carbocycles. The van der Waals surface area contributed by atoms with Crippen LogP contribution in [0.2, 0.25) is 0 Å². The van der Waals surface area contributed by atoms with Crippen LogP contribution in [0, 0.1) is 12.3 Å². The normalized spacial score (nSPS) is 22.0.